The van der Waals surface area contributed by atoms with Gasteiger partial charge in [0.25, 0.3) is 0 Å². The maximum Gasteiger partial charge on any atom is 0.0710 e. The van der Waals surface area contributed by atoms with Gasteiger partial charge in [0, 0.05) is 0 Å². The SMILES string of the molecule is C.C.C.C=C/C=C\C(=C/C)C1(C(/C=C\C)=C/C=C)C2=C(C=CC(C)C=C2)C(C=C)=C1/C=C\CC.CC.CC.CC.CC. The molecule has 2 atom stereocenters. The van der Waals surface area contributed by atoms with Crippen LogP contribution >= 0.6 is 0 Å². The third-order valence-corrected chi connectivity index (χ3v) is 5.77. The van der Waals surface area contributed by atoms with Gasteiger partial charge in [-0.25, -0.2) is 0 Å². The van der Waals surface area contributed by atoms with Crippen molar-refractivity contribution < 1.29 is 0 Å². The molecule has 2 unspecified atom stereocenters. The molecule has 0 aromatic rings. The van der Waals surface area contributed by atoms with Crippen molar-refractivity contribution in [2.45, 2.75) is 112 Å². The van der Waals surface area contributed by atoms with E-state index in [4.69, 9.17) is 0 Å². The molecule has 0 nitrogen and oxygen atoms in total. The van der Waals surface area contributed by atoms with Gasteiger partial charge in [-0.05, 0) is 59.6 Å². The first-order valence-corrected chi connectivity index (χ1v) is 15.1. The summed E-state index contributed by atoms with van der Waals surface area (Å²) in [4.78, 5) is 0. The van der Waals surface area contributed by atoms with E-state index in [-0.39, 0.29) is 22.3 Å². The summed E-state index contributed by atoms with van der Waals surface area (Å²) in [7, 11) is 0. The molecule has 240 valence electrons. The fourth-order valence-corrected chi connectivity index (χ4v) is 4.47. The Labute approximate surface area is 266 Å². The Balaban J connectivity index is -0.000000271. The van der Waals surface area contributed by atoms with Gasteiger partial charge >= 0.3 is 0 Å². The lowest BCUT2D eigenvalue weighted by molar-refractivity contribution is 0.677. The van der Waals surface area contributed by atoms with Gasteiger partial charge in [-0.2, -0.15) is 0 Å². The zero-order valence-corrected chi connectivity index (χ0v) is 27.6. The zero-order valence-electron chi connectivity index (χ0n) is 27.6. The Morgan fingerprint density at radius 3 is 1.79 bits per heavy atom. The van der Waals surface area contributed by atoms with Gasteiger partial charge in [-0.1, -0.05) is 202 Å². The molecule has 0 radical (unpaired) electrons. The molecular formula is C42H72. The van der Waals surface area contributed by atoms with Crippen molar-refractivity contribution in [1.29, 1.82) is 0 Å². The first kappa shape index (κ1) is 51.6. The first-order valence-electron chi connectivity index (χ1n) is 15.1. The summed E-state index contributed by atoms with van der Waals surface area (Å²) in [6.07, 6.45) is 33.2. The van der Waals surface area contributed by atoms with Crippen LogP contribution in [-0.2, 0) is 0 Å². The quantitative estimate of drug-likeness (QED) is 0.239. The standard InChI is InChI=1S/C31H36.4C2H6.3CH4/c1-8-14-18-25(12-5)31(26(16-10-3)17-11-4)29(19-15-9-2)27(13-6)28-22-20-24(7)21-23-30(28)31;4*1-2;;;/h8,10-24H,1,3,6,9H2,2,4-5,7H3;4*1-2H3;3*1H4/b17-11-,18-14-,19-15-,25-12+,26-16+;;;;;;;. The van der Waals surface area contributed by atoms with Crippen LogP contribution in [0.15, 0.2) is 144 Å². The fraction of sp³-hybridized carbons (Fsp3) is 0.429. The van der Waals surface area contributed by atoms with Crippen molar-refractivity contribution in [2.75, 3.05) is 0 Å². The van der Waals surface area contributed by atoms with Crippen LogP contribution in [0, 0.1) is 11.3 Å². The molecule has 2 rings (SSSR count). The average Bonchev–Trinajstić information content (AvgIpc) is 3.11. The van der Waals surface area contributed by atoms with Crippen molar-refractivity contribution in [2.24, 2.45) is 11.3 Å². The molecule has 0 amide bonds. The minimum absolute atomic E-state index is 0. The number of allylic oxidation sites excluding steroid dienone is 21. The second kappa shape index (κ2) is 32.4. The summed E-state index contributed by atoms with van der Waals surface area (Å²) in [5.74, 6) is 0.371. The van der Waals surface area contributed by atoms with Crippen molar-refractivity contribution in [3.8, 4) is 0 Å². The lowest BCUT2D eigenvalue weighted by Crippen LogP contribution is -2.27. The minimum atomic E-state index is -0.468. The average molecular weight is 577 g/mol. The molecule has 0 spiro atoms. The molecule has 2 aliphatic carbocycles. The molecule has 0 heterocycles. The van der Waals surface area contributed by atoms with E-state index in [9.17, 15) is 0 Å². The monoisotopic (exact) mass is 577 g/mol. The Bertz CT molecular complexity index is 989. The summed E-state index contributed by atoms with van der Waals surface area (Å²) < 4.78 is 0. The van der Waals surface area contributed by atoms with E-state index in [1.807, 2.05) is 79.7 Å². The maximum absolute atomic E-state index is 4.21. The van der Waals surface area contributed by atoms with Crippen LogP contribution in [0.5, 0.6) is 0 Å². The van der Waals surface area contributed by atoms with E-state index in [0.717, 1.165) is 6.42 Å². The first-order chi connectivity index (χ1) is 19.1. The summed E-state index contributed by atoms with van der Waals surface area (Å²) in [6, 6.07) is 0. The van der Waals surface area contributed by atoms with E-state index in [0.29, 0.717) is 5.92 Å². The van der Waals surface area contributed by atoms with E-state index in [1.54, 1.807) is 0 Å². The highest BCUT2D eigenvalue weighted by Gasteiger charge is 2.47. The Hall–Kier alpha value is -3.12. The molecule has 0 fully saturated rings. The molecule has 0 saturated carbocycles. The molecule has 0 saturated heterocycles. The summed E-state index contributed by atoms with van der Waals surface area (Å²) in [6.45, 7) is 36.7. The van der Waals surface area contributed by atoms with Crippen molar-refractivity contribution in [1.82, 2.24) is 0 Å². The van der Waals surface area contributed by atoms with Crippen molar-refractivity contribution >= 4 is 0 Å². The second-order valence-corrected chi connectivity index (χ2v) is 7.69. The molecule has 42 heavy (non-hydrogen) atoms. The van der Waals surface area contributed by atoms with E-state index in [1.165, 1.54) is 33.4 Å². The van der Waals surface area contributed by atoms with Gasteiger partial charge in [0.2, 0.25) is 0 Å². The van der Waals surface area contributed by atoms with Gasteiger partial charge in [-0.15, -0.1) is 0 Å². The molecule has 0 bridgehead atoms. The Morgan fingerprint density at radius 1 is 0.810 bits per heavy atom. The van der Waals surface area contributed by atoms with Gasteiger partial charge in [0.15, 0.2) is 0 Å². The maximum atomic E-state index is 4.21. The van der Waals surface area contributed by atoms with Gasteiger partial charge < -0.3 is 0 Å². The highest BCUT2D eigenvalue weighted by molar-refractivity contribution is 5.76. The topological polar surface area (TPSA) is 0 Å². The summed E-state index contributed by atoms with van der Waals surface area (Å²) in [5, 5.41) is 0. The van der Waals surface area contributed by atoms with Crippen LogP contribution in [-0.4, -0.2) is 0 Å². The van der Waals surface area contributed by atoms with Gasteiger partial charge in [0.05, 0.1) is 5.41 Å². The van der Waals surface area contributed by atoms with Crippen LogP contribution in [0.1, 0.15) is 112 Å². The van der Waals surface area contributed by atoms with E-state index < -0.39 is 5.41 Å². The highest BCUT2D eigenvalue weighted by Crippen LogP contribution is 2.59. The number of hydrogen-bond acceptors (Lipinski definition) is 0. The van der Waals surface area contributed by atoms with Gasteiger partial charge in [0.1, 0.15) is 0 Å². The molecule has 0 aromatic carbocycles. The molecule has 0 aromatic heterocycles. The van der Waals surface area contributed by atoms with Crippen LogP contribution < -0.4 is 0 Å². The Kier molecular flexibility index (Phi) is 39.8. The molecule has 0 N–H and O–H groups in total. The Morgan fingerprint density at radius 2 is 1.36 bits per heavy atom. The number of rotatable bonds is 9. The third-order valence-electron chi connectivity index (χ3n) is 5.77. The van der Waals surface area contributed by atoms with Crippen LogP contribution in [0.2, 0.25) is 0 Å². The zero-order chi connectivity index (χ0) is 30.9. The van der Waals surface area contributed by atoms with E-state index in [2.05, 4.69) is 114 Å². The lowest BCUT2D eigenvalue weighted by atomic mass is 9.64. The predicted molar refractivity (Wildman–Crippen MR) is 205 cm³/mol. The van der Waals surface area contributed by atoms with Crippen molar-refractivity contribution in [3.05, 3.63) is 144 Å². The smallest absolute Gasteiger partial charge is 0.0710 e. The minimum Gasteiger partial charge on any atom is -0.0991 e. The van der Waals surface area contributed by atoms with Crippen molar-refractivity contribution in [3.63, 3.8) is 0 Å². The predicted octanol–water partition coefficient (Wildman–Crippen LogP) is 14.9. The second-order valence-electron chi connectivity index (χ2n) is 7.69. The molecule has 0 aliphatic heterocycles. The molecule has 2 aliphatic rings. The highest BCUT2D eigenvalue weighted by atomic mass is 14.5. The van der Waals surface area contributed by atoms with Crippen LogP contribution in [0.4, 0.5) is 0 Å². The normalized spacial score (nSPS) is 18.7. The fourth-order valence-electron chi connectivity index (χ4n) is 4.47. The molecule has 0 heteroatoms. The van der Waals surface area contributed by atoms with Crippen LogP contribution in [0.25, 0.3) is 0 Å². The number of hydrogen-bond donors (Lipinski definition) is 0. The summed E-state index contributed by atoms with van der Waals surface area (Å²) in [5.41, 5.74) is 6.84. The molecular weight excluding hydrogens is 504 g/mol. The third kappa shape index (κ3) is 12.8. The lowest BCUT2D eigenvalue weighted by Gasteiger charge is -2.37. The van der Waals surface area contributed by atoms with Gasteiger partial charge in [-0.3, -0.25) is 0 Å². The largest absolute Gasteiger partial charge is 0.0991 e. The van der Waals surface area contributed by atoms with E-state index >= 15 is 0 Å². The van der Waals surface area contributed by atoms with Crippen LogP contribution in [0.3, 0.4) is 0 Å². The summed E-state index contributed by atoms with van der Waals surface area (Å²) >= 11 is 0.